The number of carboxylic acids is 1. The van der Waals surface area contributed by atoms with E-state index in [1.807, 2.05) is 0 Å². The van der Waals surface area contributed by atoms with E-state index in [0.717, 1.165) is 0 Å². The molecule has 190 valence electrons. The average Bonchev–Trinajstić information content (AvgIpc) is 3.49. The van der Waals surface area contributed by atoms with Crippen molar-refractivity contribution in [3.05, 3.63) is 93.3 Å². The Morgan fingerprint density at radius 1 is 1.21 bits per heavy atom. The molecule has 4 aromatic heterocycles. The van der Waals surface area contributed by atoms with Crippen molar-refractivity contribution in [1.29, 1.82) is 0 Å². The number of rotatable bonds is 5. The largest absolute Gasteiger partial charge is 0.494 e. The van der Waals surface area contributed by atoms with Crippen LogP contribution in [-0.2, 0) is 6.54 Å². The van der Waals surface area contributed by atoms with Gasteiger partial charge < -0.3 is 23.8 Å². The number of methoxy groups -OCH3 is 1. The van der Waals surface area contributed by atoms with Crippen LogP contribution in [0.2, 0.25) is 5.15 Å². The number of aromatic amines is 1. The van der Waals surface area contributed by atoms with Gasteiger partial charge in [-0.2, -0.15) is 0 Å². The van der Waals surface area contributed by atoms with Crippen molar-refractivity contribution in [2.45, 2.75) is 6.54 Å². The number of furan rings is 1. The summed E-state index contributed by atoms with van der Waals surface area (Å²) < 4.78 is 41.4. The number of fused-ring (bicyclic) bond motifs is 4. The Bertz CT molecular complexity index is 1990. The predicted molar refractivity (Wildman–Crippen MR) is 137 cm³/mol. The second-order valence-electron chi connectivity index (χ2n) is 8.56. The molecular weight excluding hydrogens is 520 g/mol. The van der Waals surface area contributed by atoms with Gasteiger partial charge in [-0.15, -0.1) is 0 Å². The van der Waals surface area contributed by atoms with Gasteiger partial charge in [-0.25, -0.2) is 18.6 Å². The first-order valence-corrected chi connectivity index (χ1v) is 11.6. The monoisotopic (exact) mass is 535 g/mol. The maximum absolute atomic E-state index is 15.1. The maximum atomic E-state index is 15.1. The molecule has 0 saturated heterocycles. The molecule has 0 aliphatic rings. The number of hydrogen-bond donors (Lipinski definition) is 2. The van der Waals surface area contributed by atoms with Crippen LogP contribution in [0.15, 0.2) is 64.1 Å². The van der Waals surface area contributed by atoms with Crippen LogP contribution in [0, 0.1) is 11.6 Å². The van der Waals surface area contributed by atoms with E-state index in [2.05, 4.69) is 9.97 Å². The van der Waals surface area contributed by atoms with Crippen molar-refractivity contribution in [3.8, 4) is 16.9 Å². The van der Waals surface area contributed by atoms with Gasteiger partial charge in [-0.1, -0.05) is 11.6 Å². The first-order valence-electron chi connectivity index (χ1n) is 11.2. The molecule has 0 atom stereocenters. The zero-order valence-corrected chi connectivity index (χ0v) is 20.3. The molecule has 0 unspecified atom stereocenters. The van der Waals surface area contributed by atoms with E-state index in [9.17, 15) is 19.1 Å². The highest BCUT2D eigenvalue weighted by Gasteiger charge is 2.29. The molecular formula is C27H16ClF2N3O5. The van der Waals surface area contributed by atoms with Crippen molar-refractivity contribution < 1.29 is 27.8 Å². The molecule has 0 saturated carbocycles. The van der Waals surface area contributed by atoms with Crippen molar-refractivity contribution >= 4 is 50.3 Å². The molecule has 0 fully saturated rings. The Morgan fingerprint density at radius 2 is 2.03 bits per heavy atom. The number of hydrogen-bond acceptors (Lipinski definition) is 5. The van der Waals surface area contributed by atoms with E-state index in [-0.39, 0.29) is 56.1 Å². The van der Waals surface area contributed by atoms with Gasteiger partial charge >= 0.3 is 5.97 Å². The van der Waals surface area contributed by atoms with Gasteiger partial charge in [-0.05, 0) is 36.4 Å². The number of aromatic nitrogens is 3. The number of pyridine rings is 2. The summed E-state index contributed by atoms with van der Waals surface area (Å²) in [6.07, 6.45) is 2.71. The molecule has 0 amide bonds. The van der Waals surface area contributed by atoms with Crippen molar-refractivity contribution in [2.75, 3.05) is 7.11 Å². The summed E-state index contributed by atoms with van der Waals surface area (Å²) in [5.74, 6) is -2.61. The molecule has 6 rings (SSSR count). The van der Waals surface area contributed by atoms with Gasteiger partial charge in [0, 0.05) is 28.8 Å². The van der Waals surface area contributed by atoms with E-state index >= 15 is 4.39 Å². The van der Waals surface area contributed by atoms with Crippen LogP contribution in [0.3, 0.4) is 0 Å². The fourth-order valence-electron chi connectivity index (χ4n) is 4.81. The van der Waals surface area contributed by atoms with Gasteiger partial charge in [0.1, 0.15) is 22.2 Å². The zero-order chi connectivity index (χ0) is 26.7. The standard InChI is InChI=1S/C27H16ClF2N3O5/c1-37-20-10-18-12(8-17(20)30)7-13(25(28)32-18)11-33-19-9-16(29)14-4-6-38-24(14)22(19)21(23(33)27(35)36)15-3-2-5-31-26(15)34/h2-10H,11H2,1H3,(H,31,34)(H,35,36). The van der Waals surface area contributed by atoms with Crippen molar-refractivity contribution in [1.82, 2.24) is 14.5 Å². The highest BCUT2D eigenvalue weighted by atomic mass is 35.5. The van der Waals surface area contributed by atoms with Crippen LogP contribution >= 0.6 is 11.6 Å². The molecule has 2 aromatic carbocycles. The molecule has 0 aliphatic heterocycles. The molecule has 38 heavy (non-hydrogen) atoms. The Hall–Kier alpha value is -4.70. The highest BCUT2D eigenvalue weighted by molar-refractivity contribution is 6.30. The summed E-state index contributed by atoms with van der Waals surface area (Å²) in [4.78, 5) is 32.4. The molecule has 0 radical (unpaired) electrons. The van der Waals surface area contributed by atoms with E-state index in [4.69, 9.17) is 20.8 Å². The van der Waals surface area contributed by atoms with Crippen molar-refractivity contribution in [3.63, 3.8) is 0 Å². The minimum Gasteiger partial charge on any atom is -0.494 e. The minimum atomic E-state index is -1.36. The summed E-state index contributed by atoms with van der Waals surface area (Å²) in [5.41, 5.74) is 0.285. The van der Waals surface area contributed by atoms with Gasteiger partial charge in [0.15, 0.2) is 11.6 Å². The Balaban J connectivity index is 1.68. The quantitative estimate of drug-likeness (QED) is 0.263. The van der Waals surface area contributed by atoms with Gasteiger partial charge in [0.25, 0.3) is 5.56 Å². The first kappa shape index (κ1) is 23.7. The van der Waals surface area contributed by atoms with E-state index in [1.54, 1.807) is 12.1 Å². The van der Waals surface area contributed by atoms with Crippen LogP contribution in [0.25, 0.3) is 43.9 Å². The van der Waals surface area contributed by atoms with E-state index in [1.165, 1.54) is 54.5 Å². The molecule has 2 N–H and O–H groups in total. The zero-order valence-electron chi connectivity index (χ0n) is 19.5. The first-order chi connectivity index (χ1) is 18.3. The summed E-state index contributed by atoms with van der Waals surface area (Å²) in [5, 5.41) is 11.1. The summed E-state index contributed by atoms with van der Waals surface area (Å²) in [6, 6.07) is 9.84. The van der Waals surface area contributed by atoms with Crippen LogP contribution in [0.5, 0.6) is 5.75 Å². The highest BCUT2D eigenvalue weighted by Crippen LogP contribution is 2.40. The number of nitrogens with zero attached hydrogens (tertiary/aromatic N) is 2. The van der Waals surface area contributed by atoms with Crippen molar-refractivity contribution in [2.24, 2.45) is 0 Å². The number of carbonyl (C=O) groups is 1. The summed E-state index contributed by atoms with van der Waals surface area (Å²) in [6.45, 7) is -0.177. The number of ether oxygens (including phenoxy) is 1. The molecule has 4 heterocycles. The Kier molecular flexibility index (Phi) is 5.42. The fraction of sp³-hybridized carbons (Fsp3) is 0.0741. The summed E-state index contributed by atoms with van der Waals surface area (Å²) in [7, 11) is 1.33. The van der Waals surface area contributed by atoms with Crippen LogP contribution < -0.4 is 10.3 Å². The Labute approximate surface area is 216 Å². The summed E-state index contributed by atoms with van der Waals surface area (Å²) >= 11 is 6.48. The number of halogens is 3. The number of carboxylic acid groups (broad SMARTS) is 1. The molecule has 8 nitrogen and oxygen atoms in total. The molecule has 0 spiro atoms. The second kappa shape index (κ2) is 8.70. The number of H-pyrrole nitrogens is 1. The molecule has 0 aliphatic carbocycles. The van der Waals surface area contributed by atoms with Crippen LogP contribution in [0.4, 0.5) is 8.78 Å². The SMILES string of the molecule is COc1cc2nc(Cl)c(Cn3c(C(=O)O)c(-c4ccc[nH]c4=O)c4c5occc5c(F)cc43)cc2cc1F. The average molecular weight is 536 g/mol. The lowest BCUT2D eigenvalue weighted by Gasteiger charge is -2.12. The van der Waals surface area contributed by atoms with Gasteiger partial charge in [0.2, 0.25) is 0 Å². The lowest BCUT2D eigenvalue weighted by Crippen LogP contribution is -2.14. The molecule has 11 heteroatoms. The normalized spacial score (nSPS) is 11.6. The van der Waals surface area contributed by atoms with Gasteiger partial charge in [-0.3, -0.25) is 4.79 Å². The molecule has 0 bridgehead atoms. The number of benzene rings is 2. The topological polar surface area (TPSA) is 110 Å². The number of aromatic carboxylic acids is 1. The van der Waals surface area contributed by atoms with E-state index in [0.29, 0.717) is 16.5 Å². The van der Waals surface area contributed by atoms with Crippen LogP contribution in [-0.4, -0.2) is 32.7 Å². The minimum absolute atomic E-state index is 0.00551. The number of nitrogens with one attached hydrogen (secondary N) is 1. The third-order valence-electron chi connectivity index (χ3n) is 6.45. The fourth-order valence-corrected chi connectivity index (χ4v) is 5.01. The third kappa shape index (κ3) is 3.52. The molecule has 6 aromatic rings. The second-order valence-corrected chi connectivity index (χ2v) is 8.92. The van der Waals surface area contributed by atoms with E-state index < -0.39 is 23.2 Å². The van der Waals surface area contributed by atoms with Crippen LogP contribution in [0.1, 0.15) is 16.1 Å². The third-order valence-corrected chi connectivity index (χ3v) is 6.78. The lowest BCUT2D eigenvalue weighted by molar-refractivity contribution is 0.0687. The lowest BCUT2D eigenvalue weighted by atomic mass is 10.0. The smallest absolute Gasteiger partial charge is 0.353 e. The Morgan fingerprint density at radius 3 is 2.76 bits per heavy atom. The predicted octanol–water partition coefficient (Wildman–Crippen LogP) is 5.98. The van der Waals surface area contributed by atoms with Gasteiger partial charge in [0.05, 0.1) is 47.3 Å². The maximum Gasteiger partial charge on any atom is 0.353 e.